The lowest BCUT2D eigenvalue weighted by Crippen LogP contribution is -2.38. The SMILES string of the molecule is COc1ccc(-c2cc(N3CCC3)c3cc(NC(=O)C4COC4)ccc3n2)cc1. The zero-order valence-corrected chi connectivity index (χ0v) is 16.4. The van der Waals surface area contributed by atoms with Crippen molar-refractivity contribution in [3.63, 3.8) is 0 Å². The Bertz CT molecular complexity index is 1060. The third kappa shape index (κ3) is 3.40. The maximum absolute atomic E-state index is 12.3. The molecule has 2 aromatic carbocycles. The topological polar surface area (TPSA) is 63.7 Å². The molecule has 6 nitrogen and oxygen atoms in total. The van der Waals surface area contributed by atoms with Crippen LogP contribution in [0, 0.1) is 5.92 Å². The number of hydrogen-bond acceptors (Lipinski definition) is 5. The van der Waals surface area contributed by atoms with E-state index in [4.69, 9.17) is 14.5 Å². The normalized spacial score (nSPS) is 16.2. The van der Waals surface area contributed by atoms with Gasteiger partial charge in [-0.25, -0.2) is 4.98 Å². The highest BCUT2D eigenvalue weighted by Gasteiger charge is 2.26. The van der Waals surface area contributed by atoms with E-state index in [1.54, 1.807) is 7.11 Å². The first-order valence-electron chi connectivity index (χ1n) is 9.94. The van der Waals surface area contributed by atoms with E-state index < -0.39 is 0 Å². The molecule has 29 heavy (non-hydrogen) atoms. The Balaban J connectivity index is 1.53. The first-order chi connectivity index (χ1) is 14.2. The molecule has 1 N–H and O–H groups in total. The van der Waals surface area contributed by atoms with Gasteiger partial charge in [-0.3, -0.25) is 4.79 Å². The number of rotatable bonds is 5. The molecular formula is C23H23N3O3. The van der Waals surface area contributed by atoms with Crippen molar-refractivity contribution in [2.75, 3.05) is 43.6 Å². The third-order valence-electron chi connectivity index (χ3n) is 5.65. The van der Waals surface area contributed by atoms with E-state index in [0.717, 1.165) is 52.4 Å². The standard InChI is InChI=1S/C23H23N3O3/c1-28-18-6-3-15(4-7-18)21-12-22(26-9-2-10-26)19-11-17(5-8-20(19)25-21)24-23(27)16-13-29-14-16/h3-8,11-12,16H,2,9-10,13-14H2,1H3,(H,24,27). The fraction of sp³-hybridized carbons (Fsp3) is 0.304. The van der Waals surface area contributed by atoms with Gasteiger partial charge in [0.05, 0.1) is 37.5 Å². The number of anilines is 2. The number of amides is 1. The van der Waals surface area contributed by atoms with Gasteiger partial charge < -0.3 is 19.7 Å². The van der Waals surface area contributed by atoms with Crippen molar-refractivity contribution in [1.29, 1.82) is 0 Å². The summed E-state index contributed by atoms with van der Waals surface area (Å²) in [5.74, 6) is 0.801. The second-order valence-electron chi connectivity index (χ2n) is 7.55. The Labute approximate surface area is 169 Å². The van der Waals surface area contributed by atoms with Gasteiger partial charge in [0.2, 0.25) is 5.91 Å². The van der Waals surface area contributed by atoms with E-state index in [9.17, 15) is 4.79 Å². The van der Waals surface area contributed by atoms with E-state index in [0.29, 0.717) is 13.2 Å². The lowest BCUT2D eigenvalue weighted by atomic mass is 10.0. The predicted molar refractivity (Wildman–Crippen MR) is 113 cm³/mol. The minimum Gasteiger partial charge on any atom is -0.497 e. The highest BCUT2D eigenvalue weighted by Crippen LogP contribution is 2.35. The molecule has 3 heterocycles. The number of nitrogens with zero attached hydrogens (tertiary/aromatic N) is 2. The van der Waals surface area contributed by atoms with E-state index in [1.165, 1.54) is 6.42 Å². The molecule has 0 radical (unpaired) electrons. The van der Waals surface area contributed by atoms with Crippen LogP contribution in [0.1, 0.15) is 6.42 Å². The molecule has 2 saturated heterocycles. The van der Waals surface area contributed by atoms with Crippen LogP contribution in [0.4, 0.5) is 11.4 Å². The predicted octanol–water partition coefficient (Wildman–Crippen LogP) is 3.71. The number of pyridine rings is 1. The molecule has 0 spiro atoms. The molecular weight excluding hydrogens is 366 g/mol. The maximum atomic E-state index is 12.3. The van der Waals surface area contributed by atoms with Gasteiger partial charge in [0.1, 0.15) is 5.75 Å². The van der Waals surface area contributed by atoms with Crippen molar-refractivity contribution in [3.05, 3.63) is 48.5 Å². The van der Waals surface area contributed by atoms with Gasteiger partial charge in [0, 0.05) is 35.4 Å². The van der Waals surface area contributed by atoms with Crippen LogP contribution in [0.15, 0.2) is 48.5 Å². The van der Waals surface area contributed by atoms with Crippen LogP contribution in [0.2, 0.25) is 0 Å². The van der Waals surface area contributed by atoms with Gasteiger partial charge in [0.25, 0.3) is 0 Å². The van der Waals surface area contributed by atoms with Gasteiger partial charge in [-0.05, 0) is 55.0 Å². The Morgan fingerprint density at radius 2 is 1.93 bits per heavy atom. The summed E-state index contributed by atoms with van der Waals surface area (Å²) >= 11 is 0. The van der Waals surface area contributed by atoms with Crippen molar-refractivity contribution in [2.45, 2.75) is 6.42 Å². The average molecular weight is 389 g/mol. The summed E-state index contributed by atoms with van der Waals surface area (Å²) in [7, 11) is 1.67. The zero-order chi connectivity index (χ0) is 19.8. The van der Waals surface area contributed by atoms with E-state index >= 15 is 0 Å². The molecule has 0 unspecified atom stereocenters. The van der Waals surface area contributed by atoms with Crippen LogP contribution in [0.5, 0.6) is 5.75 Å². The van der Waals surface area contributed by atoms with E-state index in [-0.39, 0.29) is 11.8 Å². The number of ether oxygens (including phenoxy) is 2. The first kappa shape index (κ1) is 17.9. The van der Waals surface area contributed by atoms with Gasteiger partial charge in [-0.15, -0.1) is 0 Å². The van der Waals surface area contributed by atoms with Crippen molar-refractivity contribution in [1.82, 2.24) is 4.98 Å². The third-order valence-corrected chi connectivity index (χ3v) is 5.65. The highest BCUT2D eigenvalue weighted by atomic mass is 16.5. The molecule has 5 rings (SSSR count). The lowest BCUT2D eigenvalue weighted by Gasteiger charge is -2.34. The summed E-state index contributed by atoms with van der Waals surface area (Å²) in [4.78, 5) is 19.5. The summed E-state index contributed by atoms with van der Waals surface area (Å²) in [6.45, 7) is 3.09. The Morgan fingerprint density at radius 3 is 2.55 bits per heavy atom. The molecule has 2 aliphatic heterocycles. The molecule has 0 saturated carbocycles. The monoisotopic (exact) mass is 389 g/mol. The fourth-order valence-corrected chi connectivity index (χ4v) is 3.65. The first-order valence-corrected chi connectivity index (χ1v) is 9.94. The summed E-state index contributed by atoms with van der Waals surface area (Å²) < 4.78 is 10.4. The smallest absolute Gasteiger partial charge is 0.232 e. The highest BCUT2D eigenvalue weighted by molar-refractivity contribution is 6.00. The van der Waals surface area contributed by atoms with Crippen LogP contribution in [0.25, 0.3) is 22.2 Å². The minimum atomic E-state index is -0.0453. The number of carbonyl (C=O) groups excluding carboxylic acids is 1. The summed E-state index contributed by atoms with van der Waals surface area (Å²) in [6.07, 6.45) is 1.19. The average Bonchev–Trinajstić information content (AvgIpc) is 2.65. The second-order valence-corrected chi connectivity index (χ2v) is 7.55. The molecule has 2 fully saturated rings. The van der Waals surface area contributed by atoms with E-state index in [1.807, 2.05) is 42.5 Å². The number of fused-ring (bicyclic) bond motifs is 1. The van der Waals surface area contributed by atoms with Crippen LogP contribution in [0.3, 0.4) is 0 Å². The van der Waals surface area contributed by atoms with Crippen LogP contribution < -0.4 is 15.0 Å². The molecule has 0 bridgehead atoms. The van der Waals surface area contributed by atoms with Gasteiger partial charge in [0.15, 0.2) is 0 Å². The van der Waals surface area contributed by atoms with Crippen LogP contribution >= 0.6 is 0 Å². The van der Waals surface area contributed by atoms with Gasteiger partial charge in [-0.1, -0.05) is 0 Å². The number of benzene rings is 2. The number of nitrogens with one attached hydrogen (secondary N) is 1. The molecule has 0 aliphatic carbocycles. The van der Waals surface area contributed by atoms with Gasteiger partial charge >= 0.3 is 0 Å². The molecule has 148 valence electrons. The molecule has 6 heteroatoms. The maximum Gasteiger partial charge on any atom is 0.232 e. The molecule has 2 aliphatic rings. The number of carbonyl (C=O) groups is 1. The Kier molecular flexibility index (Phi) is 4.56. The fourth-order valence-electron chi connectivity index (χ4n) is 3.65. The second kappa shape index (κ2) is 7.37. The van der Waals surface area contributed by atoms with Crippen LogP contribution in [-0.4, -0.2) is 44.3 Å². The lowest BCUT2D eigenvalue weighted by molar-refractivity contribution is -0.133. The van der Waals surface area contributed by atoms with E-state index in [2.05, 4.69) is 16.3 Å². The Morgan fingerprint density at radius 1 is 1.14 bits per heavy atom. The minimum absolute atomic E-state index is 0.0175. The number of methoxy groups -OCH3 is 1. The molecule has 0 atom stereocenters. The van der Waals surface area contributed by atoms with Crippen molar-refractivity contribution < 1.29 is 14.3 Å². The molecule has 1 aromatic heterocycles. The summed E-state index contributed by atoms with van der Waals surface area (Å²) in [5, 5.41) is 4.08. The van der Waals surface area contributed by atoms with Crippen molar-refractivity contribution in [3.8, 4) is 17.0 Å². The number of hydrogen-bond donors (Lipinski definition) is 1. The van der Waals surface area contributed by atoms with Crippen LogP contribution in [-0.2, 0) is 9.53 Å². The number of aromatic nitrogens is 1. The summed E-state index contributed by atoms with van der Waals surface area (Å²) in [6, 6.07) is 16.0. The molecule has 3 aromatic rings. The van der Waals surface area contributed by atoms with Gasteiger partial charge in [-0.2, -0.15) is 0 Å². The largest absolute Gasteiger partial charge is 0.497 e. The molecule has 1 amide bonds. The van der Waals surface area contributed by atoms with Crippen molar-refractivity contribution in [2.24, 2.45) is 5.92 Å². The zero-order valence-electron chi connectivity index (χ0n) is 16.4. The summed E-state index contributed by atoms with van der Waals surface area (Å²) in [5.41, 5.74) is 4.87. The quantitative estimate of drug-likeness (QED) is 0.721. The van der Waals surface area contributed by atoms with Crippen molar-refractivity contribution >= 4 is 28.2 Å². The Hall–Kier alpha value is -3.12.